The van der Waals surface area contributed by atoms with Crippen LogP contribution in [0.5, 0.6) is 5.75 Å². The van der Waals surface area contributed by atoms with Gasteiger partial charge in [-0.05, 0) is 53.4 Å². The van der Waals surface area contributed by atoms with Crippen molar-refractivity contribution >= 4 is 27.3 Å². The van der Waals surface area contributed by atoms with Crippen molar-refractivity contribution in [3.05, 3.63) is 51.7 Å². The Labute approximate surface area is 120 Å². The average molecular weight is 323 g/mol. The summed E-state index contributed by atoms with van der Waals surface area (Å²) < 4.78 is 5.91. The van der Waals surface area contributed by atoms with E-state index < -0.39 is 0 Å². The Balaban J connectivity index is 1.93. The van der Waals surface area contributed by atoms with Crippen molar-refractivity contribution in [3.8, 4) is 5.75 Å². The third-order valence-electron chi connectivity index (χ3n) is 3.22. The molecule has 2 heterocycles. The molecule has 0 saturated heterocycles. The number of halogens is 1. The summed E-state index contributed by atoms with van der Waals surface area (Å²) in [5.41, 5.74) is 3.87. The van der Waals surface area contributed by atoms with Gasteiger partial charge in [-0.1, -0.05) is 28.1 Å². The smallest absolute Gasteiger partial charge is 0.123 e. The highest BCUT2D eigenvalue weighted by Gasteiger charge is 2.30. The molecule has 1 nitrogen and oxygen atoms in total. The molecule has 1 aromatic heterocycles. The van der Waals surface area contributed by atoms with Crippen molar-refractivity contribution in [2.24, 2.45) is 0 Å². The predicted molar refractivity (Wildman–Crippen MR) is 79.9 cm³/mol. The van der Waals surface area contributed by atoms with Crippen LogP contribution in [0, 0.1) is 0 Å². The molecule has 0 N–H and O–H groups in total. The first-order valence-corrected chi connectivity index (χ1v) is 7.89. The average Bonchev–Trinajstić information content (AvgIpc) is 2.91. The molecule has 1 unspecified atom stereocenters. The molecule has 3 heteroatoms. The second-order valence-corrected chi connectivity index (χ2v) is 7.02. The minimum atomic E-state index is -0.0643. The van der Waals surface area contributed by atoms with E-state index >= 15 is 0 Å². The van der Waals surface area contributed by atoms with Crippen molar-refractivity contribution in [1.29, 1.82) is 0 Å². The van der Waals surface area contributed by atoms with Gasteiger partial charge in [0.2, 0.25) is 0 Å². The van der Waals surface area contributed by atoms with E-state index in [-0.39, 0.29) is 10.4 Å². The number of benzene rings is 1. The Morgan fingerprint density at radius 2 is 2.11 bits per heavy atom. The Morgan fingerprint density at radius 3 is 2.83 bits per heavy atom. The van der Waals surface area contributed by atoms with Crippen molar-refractivity contribution in [2.45, 2.75) is 30.7 Å². The molecule has 1 aliphatic rings. The number of hydrogen-bond donors (Lipinski definition) is 0. The molecule has 0 saturated carbocycles. The zero-order valence-corrected chi connectivity index (χ0v) is 12.8. The Hall–Kier alpha value is -0.800. The largest absolute Gasteiger partial charge is 0.487 e. The van der Waals surface area contributed by atoms with Crippen LogP contribution in [0.1, 0.15) is 35.4 Å². The number of fused-ring (bicyclic) bond motifs is 1. The molecule has 3 rings (SSSR count). The van der Waals surface area contributed by atoms with Crippen molar-refractivity contribution < 1.29 is 4.74 Å². The first kappa shape index (κ1) is 12.2. The fourth-order valence-electron chi connectivity index (χ4n) is 2.40. The predicted octanol–water partition coefficient (Wildman–Crippen LogP) is 4.95. The highest BCUT2D eigenvalue weighted by molar-refractivity contribution is 9.09. The molecule has 2 aromatic rings. The monoisotopic (exact) mass is 322 g/mol. The minimum Gasteiger partial charge on any atom is -0.487 e. The van der Waals surface area contributed by atoms with E-state index in [1.165, 1.54) is 16.7 Å². The summed E-state index contributed by atoms with van der Waals surface area (Å²) in [6, 6.07) is 8.68. The maximum atomic E-state index is 5.91. The van der Waals surface area contributed by atoms with E-state index in [0.29, 0.717) is 0 Å². The van der Waals surface area contributed by atoms with E-state index in [2.05, 4.69) is 64.8 Å². The first-order chi connectivity index (χ1) is 8.55. The second-order valence-electron chi connectivity index (χ2n) is 5.32. The lowest BCUT2D eigenvalue weighted by molar-refractivity contribution is 0.138. The standard InChI is InChI=1S/C15H15BrOS/c1-15(2)8-12-7-10(3-4-13(12)17-15)14(16)11-5-6-18-9-11/h3-7,9,14H,8H2,1-2H3. The van der Waals surface area contributed by atoms with E-state index in [1.807, 2.05) is 0 Å². The molecule has 0 aliphatic carbocycles. The van der Waals surface area contributed by atoms with Crippen LogP contribution in [0.3, 0.4) is 0 Å². The highest BCUT2D eigenvalue weighted by Crippen LogP contribution is 2.39. The summed E-state index contributed by atoms with van der Waals surface area (Å²) in [7, 11) is 0. The Bertz CT molecular complexity index is 560. The van der Waals surface area contributed by atoms with Crippen LogP contribution in [0.15, 0.2) is 35.0 Å². The summed E-state index contributed by atoms with van der Waals surface area (Å²) in [4.78, 5) is 0.276. The molecule has 94 valence electrons. The van der Waals surface area contributed by atoms with Crippen molar-refractivity contribution in [3.63, 3.8) is 0 Å². The van der Waals surface area contributed by atoms with Gasteiger partial charge in [-0.3, -0.25) is 0 Å². The first-order valence-electron chi connectivity index (χ1n) is 6.03. The Kier molecular flexibility index (Phi) is 2.99. The van der Waals surface area contributed by atoms with Gasteiger partial charge in [0.25, 0.3) is 0 Å². The quantitative estimate of drug-likeness (QED) is 0.711. The number of thiophene rings is 1. The molecule has 1 aromatic carbocycles. The number of ether oxygens (including phenoxy) is 1. The van der Waals surface area contributed by atoms with Gasteiger partial charge in [-0.25, -0.2) is 0 Å². The summed E-state index contributed by atoms with van der Waals surface area (Å²) in [5, 5.41) is 4.30. The summed E-state index contributed by atoms with van der Waals surface area (Å²) in [5.74, 6) is 1.04. The Morgan fingerprint density at radius 1 is 1.28 bits per heavy atom. The fraction of sp³-hybridized carbons (Fsp3) is 0.333. The van der Waals surface area contributed by atoms with Gasteiger partial charge in [0.05, 0.1) is 4.83 Å². The lowest BCUT2D eigenvalue weighted by Gasteiger charge is -2.16. The molecule has 0 fully saturated rings. The van der Waals surface area contributed by atoms with Gasteiger partial charge < -0.3 is 4.74 Å². The number of alkyl halides is 1. The lowest BCUT2D eigenvalue weighted by atomic mass is 9.98. The van der Waals surface area contributed by atoms with E-state index in [1.54, 1.807) is 11.3 Å². The van der Waals surface area contributed by atoms with Gasteiger partial charge >= 0.3 is 0 Å². The normalized spacial score (nSPS) is 18.2. The highest BCUT2D eigenvalue weighted by atomic mass is 79.9. The maximum absolute atomic E-state index is 5.91. The minimum absolute atomic E-state index is 0.0643. The second kappa shape index (κ2) is 4.39. The summed E-state index contributed by atoms with van der Waals surface area (Å²) in [6.07, 6.45) is 0.986. The lowest BCUT2D eigenvalue weighted by Crippen LogP contribution is -2.24. The van der Waals surface area contributed by atoms with E-state index in [4.69, 9.17) is 4.74 Å². The molecule has 0 radical (unpaired) electrons. The van der Waals surface area contributed by atoms with Crippen LogP contribution >= 0.6 is 27.3 Å². The molecule has 0 amide bonds. The van der Waals surface area contributed by atoms with E-state index in [0.717, 1.165) is 12.2 Å². The molecule has 18 heavy (non-hydrogen) atoms. The van der Waals surface area contributed by atoms with Gasteiger partial charge in [0.15, 0.2) is 0 Å². The maximum Gasteiger partial charge on any atom is 0.123 e. The molecular weight excluding hydrogens is 308 g/mol. The third kappa shape index (κ3) is 2.21. The molecule has 0 bridgehead atoms. The number of hydrogen-bond acceptors (Lipinski definition) is 2. The van der Waals surface area contributed by atoms with E-state index in [9.17, 15) is 0 Å². The van der Waals surface area contributed by atoms with Gasteiger partial charge in [0.1, 0.15) is 11.4 Å². The number of rotatable bonds is 2. The van der Waals surface area contributed by atoms with Gasteiger partial charge in [0, 0.05) is 6.42 Å². The zero-order chi connectivity index (χ0) is 12.8. The summed E-state index contributed by atoms with van der Waals surface area (Å²) >= 11 is 5.51. The molecule has 1 atom stereocenters. The zero-order valence-electron chi connectivity index (χ0n) is 10.4. The van der Waals surface area contributed by atoms with Crippen LogP contribution < -0.4 is 4.74 Å². The third-order valence-corrected chi connectivity index (χ3v) is 4.97. The SMILES string of the molecule is CC1(C)Cc2cc(C(Br)c3ccsc3)ccc2O1. The van der Waals surface area contributed by atoms with Crippen LogP contribution in [0.2, 0.25) is 0 Å². The summed E-state index contributed by atoms with van der Waals surface area (Å²) in [6.45, 7) is 4.27. The van der Waals surface area contributed by atoms with Crippen LogP contribution in [-0.4, -0.2) is 5.60 Å². The fourth-order valence-corrected chi connectivity index (χ4v) is 3.83. The van der Waals surface area contributed by atoms with Crippen LogP contribution in [0.25, 0.3) is 0 Å². The van der Waals surface area contributed by atoms with Crippen molar-refractivity contribution in [2.75, 3.05) is 0 Å². The molecule has 0 spiro atoms. The van der Waals surface area contributed by atoms with Crippen LogP contribution in [0.4, 0.5) is 0 Å². The molecule has 1 aliphatic heterocycles. The van der Waals surface area contributed by atoms with Crippen molar-refractivity contribution in [1.82, 2.24) is 0 Å². The van der Waals surface area contributed by atoms with Crippen LogP contribution in [-0.2, 0) is 6.42 Å². The molecular formula is C15H15BrOS. The van der Waals surface area contributed by atoms with Gasteiger partial charge in [-0.15, -0.1) is 0 Å². The topological polar surface area (TPSA) is 9.23 Å². The van der Waals surface area contributed by atoms with Gasteiger partial charge in [-0.2, -0.15) is 11.3 Å².